The Morgan fingerprint density at radius 1 is 1.07 bits per heavy atom. The molecule has 0 spiro atoms. The van der Waals surface area contributed by atoms with Crippen molar-refractivity contribution < 1.29 is 40.7 Å². The number of guanidine groups is 1. The molecule has 2 fully saturated rings. The van der Waals surface area contributed by atoms with Gasteiger partial charge in [-0.2, -0.15) is 36.5 Å². The predicted octanol–water partition coefficient (Wildman–Crippen LogP) is 7.67. The molecular weight excluding hydrogens is 742 g/mol. The van der Waals surface area contributed by atoms with Gasteiger partial charge in [-0.15, -0.1) is 0 Å². The summed E-state index contributed by atoms with van der Waals surface area (Å²) in [6.07, 6.45) is -4.88. The number of carbonyl (C=O) groups is 2. The highest BCUT2D eigenvalue weighted by Gasteiger charge is 2.64. The van der Waals surface area contributed by atoms with Crippen LogP contribution in [0.4, 0.5) is 26.3 Å². The number of alkyl halides is 6. The number of aliphatic imine (C=N–C) groups is 1. The molecule has 3 heterocycles. The largest absolute Gasteiger partial charge is 0.463 e. The number of nitrogens with two attached hydrogens (primary N) is 1. The summed E-state index contributed by atoms with van der Waals surface area (Å²) in [5.41, 5.74) is 1.68. The number of aromatic amines is 1. The summed E-state index contributed by atoms with van der Waals surface area (Å²) in [7, 11) is 0. The van der Waals surface area contributed by atoms with Crippen LogP contribution < -0.4 is 5.73 Å². The minimum atomic E-state index is -4.77. The molecule has 1 amide bonds. The number of carbonyl (C=O) groups excluding carboxylic acids is 2. The van der Waals surface area contributed by atoms with Gasteiger partial charge in [0, 0.05) is 17.3 Å². The highest BCUT2D eigenvalue weighted by Crippen LogP contribution is 2.60. The number of rotatable bonds is 12. The van der Waals surface area contributed by atoms with E-state index in [0.717, 1.165) is 37.2 Å². The number of benzene rings is 2. The van der Waals surface area contributed by atoms with Crippen molar-refractivity contribution in [3.8, 4) is 22.5 Å². The summed E-state index contributed by atoms with van der Waals surface area (Å²) in [4.78, 5) is 37.3. The van der Waals surface area contributed by atoms with E-state index < -0.39 is 72.0 Å². The van der Waals surface area contributed by atoms with Crippen LogP contribution in [0.2, 0.25) is 5.02 Å². The topological polar surface area (TPSA) is 144 Å². The van der Waals surface area contributed by atoms with Gasteiger partial charge in [0.05, 0.1) is 40.6 Å². The van der Waals surface area contributed by atoms with Crippen molar-refractivity contribution in [1.29, 1.82) is 0 Å². The molecule has 4 aromatic rings. The van der Waals surface area contributed by atoms with Crippen molar-refractivity contribution >= 4 is 29.4 Å². The molecule has 3 aliphatic rings. The molecule has 2 atom stereocenters. The Labute approximate surface area is 309 Å². The number of aromatic nitrogens is 5. The van der Waals surface area contributed by atoms with Gasteiger partial charge >= 0.3 is 18.3 Å². The molecule has 7 rings (SSSR count). The zero-order chi connectivity index (χ0) is 38.8. The van der Waals surface area contributed by atoms with Crippen molar-refractivity contribution in [3.05, 3.63) is 77.3 Å². The van der Waals surface area contributed by atoms with Crippen LogP contribution in [0.15, 0.2) is 66.2 Å². The molecular formula is C36H35ClF6N8O3. The molecule has 0 bridgehead atoms. The van der Waals surface area contributed by atoms with E-state index in [1.54, 1.807) is 18.3 Å². The fourth-order valence-electron chi connectivity index (χ4n) is 6.81. The Morgan fingerprint density at radius 2 is 1.78 bits per heavy atom. The fourth-order valence-corrected chi connectivity index (χ4v) is 7.02. The summed E-state index contributed by atoms with van der Waals surface area (Å²) in [6.45, 7) is 1.19. The van der Waals surface area contributed by atoms with Crippen LogP contribution in [0.3, 0.4) is 0 Å². The third-order valence-corrected chi connectivity index (χ3v) is 10.8. The Bertz CT molecular complexity index is 2090. The number of hydrogen-bond acceptors (Lipinski definition) is 8. The van der Waals surface area contributed by atoms with E-state index in [9.17, 15) is 35.9 Å². The van der Waals surface area contributed by atoms with Gasteiger partial charge in [0.15, 0.2) is 17.3 Å². The van der Waals surface area contributed by atoms with Crippen LogP contribution in [-0.2, 0) is 19.9 Å². The lowest BCUT2D eigenvalue weighted by atomic mass is 9.74. The zero-order valence-corrected chi connectivity index (χ0v) is 29.8. The molecule has 0 radical (unpaired) electrons. The lowest BCUT2D eigenvalue weighted by Crippen LogP contribution is -2.49. The second kappa shape index (κ2) is 13.1. The SMILES string of the molecule is CC(C)(C[C@]1(c2ccc(-c3cnn(C4CC4)c3)cc2)N=C(N)N([C@H](COC(=O)CC2(C(F)(F)F)CC2)c2ccc(Cl)c(-c3ncn[nH]3)c2)C1=O)C(F)(F)F. The summed E-state index contributed by atoms with van der Waals surface area (Å²) >= 11 is 6.46. The smallest absolute Gasteiger partial charge is 0.395 e. The Kier molecular flexibility index (Phi) is 9.09. The van der Waals surface area contributed by atoms with E-state index in [2.05, 4.69) is 25.3 Å². The Hall–Kier alpha value is -4.93. The molecule has 2 aromatic carbocycles. The third kappa shape index (κ3) is 6.82. The monoisotopic (exact) mass is 776 g/mol. The maximum absolute atomic E-state index is 14.9. The average molecular weight is 777 g/mol. The van der Waals surface area contributed by atoms with E-state index in [0.29, 0.717) is 17.2 Å². The van der Waals surface area contributed by atoms with Crippen molar-refractivity contribution in [2.24, 2.45) is 21.6 Å². The van der Waals surface area contributed by atoms with Gasteiger partial charge in [0.1, 0.15) is 12.9 Å². The first-order chi connectivity index (χ1) is 25.3. The highest BCUT2D eigenvalue weighted by atomic mass is 35.5. The van der Waals surface area contributed by atoms with Gasteiger partial charge in [-0.1, -0.05) is 55.8 Å². The summed E-state index contributed by atoms with van der Waals surface area (Å²) < 4.78 is 92.0. The van der Waals surface area contributed by atoms with Gasteiger partial charge in [0.2, 0.25) is 0 Å². The Balaban J connectivity index is 1.27. The van der Waals surface area contributed by atoms with Crippen LogP contribution in [0.25, 0.3) is 22.5 Å². The normalized spacial score (nSPS) is 20.6. The van der Waals surface area contributed by atoms with E-state index in [1.807, 2.05) is 10.9 Å². The van der Waals surface area contributed by atoms with Crippen molar-refractivity contribution in [2.45, 2.75) is 82.3 Å². The molecule has 286 valence electrons. The van der Waals surface area contributed by atoms with E-state index >= 15 is 0 Å². The number of esters is 1. The van der Waals surface area contributed by atoms with Gasteiger partial charge in [-0.3, -0.25) is 24.3 Å². The molecule has 18 heteroatoms. The fraction of sp³-hybridized carbons (Fsp3) is 0.444. The number of ether oxygens (including phenoxy) is 1. The standard InChI is InChI=1S/C36H35ClF6N8O3/c1-32(2,35(38,39)40)18-34(23-6-3-20(4-7-23)22-15-47-50(16-22)24-8-9-24)30(53)51(31(44)48-34)27(17-54-28(52)14-33(11-12-33)36(41,42)43)21-5-10-26(37)25(13-21)29-45-19-46-49-29/h3-7,10,13,15-16,19,24,27H,8-9,11-12,14,17-18H2,1-2H3,(H2,44,48)(H,45,46,49)/t27-,34-/m1/s1. The minimum absolute atomic E-state index is 0.115. The molecule has 0 saturated heterocycles. The van der Waals surface area contributed by atoms with E-state index in [4.69, 9.17) is 22.1 Å². The van der Waals surface area contributed by atoms with Crippen molar-refractivity contribution in [1.82, 2.24) is 29.9 Å². The maximum Gasteiger partial charge on any atom is 0.395 e. The number of nitrogens with one attached hydrogen (secondary N) is 1. The molecule has 3 N–H and O–H groups in total. The van der Waals surface area contributed by atoms with Crippen LogP contribution in [0.5, 0.6) is 0 Å². The van der Waals surface area contributed by atoms with Gasteiger partial charge in [-0.25, -0.2) is 9.98 Å². The first-order valence-electron chi connectivity index (χ1n) is 17.1. The van der Waals surface area contributed by atoms with Gasteiger partial charge in [0.25, 0.3) is 5.91 Å². The molecule has 0 unspecified atom stereocenters. The first-order valence-corrected chi connectivity index (χ1v) is 17.5. The summed E-state index contributed by atoms with van der Waals surface area (Å²) in [5, 5.41) is 11.1. The molecule has 2 aromatic heterocycles. The quantitative estimate of drug-likeness (QED) is 0.111. The summed E-state index contributed by atoms with van der Waals surface area (Å²) in [5.74, 6) is -2.40. The van der Waals surface area contributed by atoms with Crippen LogP contribution in [0, 0.1) is 10.8 Å². The number of halogens is 7. The van der Waals surface area contributed by atoms with Crippen molar-refractivity contribution in [3.63, 3.8) is 0 Å². The number of hydrogen-bond donors (Lipinski definition) is 2. The molecule has 2 saturated carbocycles. The van der Waals surface area contributed by atoms with Crippen LogP contribution in [-0.4, -0.2) is 66.7 Å². The summed E-state index contributed by atoms with van der Waals surface area (Å²) in [6, 6.07) is 9.70. The van der Waals surface area contributed by atoms with Crippen molar-refractivity contribution in [2.75, 3.05) is 6.61 Å². The third-order valence-electron chi connectivity index (χ3n) is 10.5. The van der Waals surface area contributed by atoms with Crippen LogP contribution >= 0.6 is 11.6 Å². The number of amides is 1. The van der Waals surface area contributed by atoms with E-state index in [-0.39, 0.29) is 34.8 Å². The average Bonchev–Trinajstić information content (AvgIpc) is 3.96. The second-order valence-electron chi connectivity index (χ2n) is 14.8. The number of nitrogens with zero attached hydrogens (tertiary/aromatic N) is 6. The van der Waals surface area contributed by atoms with Crippen LogP contribution in [0.1, 0.15) is 75.6 Å². The molecule has 2 aliphatic carbocycles. The predicted molar refractivity (Wildman–Crippen MR) is 183 cm³/mol. The first kappa shape index (κ1) is 37.4. The number of H-pyrrole nitrogens is 1. The second-order valence-corrected chi connectivity index (χ2v) is 15.2. The van der Waals surface area contributed by atoms with Gasteiger partial charge in [-0.05, 0) is 60.9 Å². The highest BCUT2D eigenvalue weighted by molar-refractivity contribution is 6.33. The lowest BCUT2D eigenvalue weighted by molar-refractivity contribution is -0.218. The van der Waals surface area contributed by atoms with Gasteiger partial charge < -0.3 is 10.5 Å². The Morgan fingerprint density at radius 3 is 2.37 bits per heavy atom. The molecule has 54 heavy (non-hydrogen) atoms. The molecule has 1 aliphatic heterocycles. The minimum Gasteiger partial charge on any atom is -0.463 e. The zero-order valence-electron chi connectivity index (χ0n) is 29.0. The van der Waals surface area contributed by atoms with E-state index in [1.165, 1.54) is 36.7 Å². The maximum atomic E-state index is 14.9. The molecule has 11 nitrogen and oxygen atoms in total. The lowest BCUT2D eigenvalue weighted by Gasteiger charge is -2.37.